The van der Waals surface area contributed by atoms with Gasteiger partial charge in [-0.05, 0) is 56.7 Å². The molecule has 15 heavy (non-hydrogen) atoms. The van der Waals surface area contributed by atoms with E-state index in [-0.39, 0.29) is 5.60 Å². The summed E-state index contributed by atoms with van der Waals surface area (Å²) in [4.78, 5) is 0. The van der Waals surface area contributed by atoms with Crippen molar-refractivity contribution in [3.05, 3.63) is 29.3 Å². The molecule has 1 heteroatoms. The fourth-order valence-corrected chi connectivity index (χ4v) is 2.21. The Labute approximate surface area is 92.5 Å². The van der Waals surface area contributed by atoms with Crippen LogP contribution in [0.4, 0.5) is 0 Å². The summed E-state index contributed by atoms with van der Waals surface area (Å²) in [7, 11) is 0. The molecule has 0 spiro atoms. The second-order valence-electron chi connectivity index (χ2n) is 5.34. The zero-order valence-corrected chi connectivity index (χ0v) is 10.1. The molecule has 0 saturated carbocycles. The van der Waals surface area contributed by atoms with Gasteiger partial charge >= 0.3 is 0 Å². The van der Waals surface area contributed by atoms with E-state index in [0.717, 1.165) is 12.2 Å². The molecule has 1 nitrogen and oxygen atoms in total. The third-order valence-electron chi connectivity index (χ3n) is 3.27. The van der Waals surface area contributed by atoms with Gasteiger partial charge in [0.2, 0.25) is 0 Å². The Balaban J connectivity index is 2.45. The fourth-order valence-electron chi connectivity index (χ4n) is 2.21. The zero-order chi connectivity index (χ0) is 11.1. The maximum absolute atomic E-state index is 6.10. The standard InChI is InChI=1S/C14H20O/c1-10-5-6-12-11(2)7-8-14(3,4)15-13(12)9-10/h5-6,9,11H,7-8H2,1-4H3. The van der Waals surface area contributed by atoms with E-state index in [4.69, 9.17) is 4.74 Å². The molecular weight excluding hydrogens is 184 g/mol. The second-order valence-corrected chi connectivity index (χ2v) is 5.34. The van der Waals surface area contributed by atoms with E-state index >= 15 is 0 Å². The Morgan fingerprint density at radius 2 is 2.07 bits per heavy atom. The first-order valence-electron chi connectivity index (χ1n) is 5.77. The molecule has 0 aliphatic carbocycles. The van der Waals surface area contributed by atoms with Gasteiger partial charge in [-0.3, -0.25) is 0 Å². The average molecular weight is 204 g/mol. The Bertz CT molecular complexity index is 366. The van der Waals surface area contributed by atoms with E-state index < -0.39 is 0 Å². The van der Waals surface area contributed by atoms with Gasteiger partial charge in [-0.2, -0.15) is 0 Å². The van der Waals surface area contributed by atoms with E-state index in [0.29, 0.717) is 5.92 Å². The molecule has 1 aliphatic heterocycles. The van der Waals surface area contributed by atoms with Gasteiger partial charge < -0.3 is 4.74 Å². The van der Waals surface area contributed by atoms with Crippen LogP contribution < -0.4 is 4.74 Å². The smallest absolute Gasteiger partial charge is 0.123 e. The summed E-state index contributed by atoms with van der Waals surface area (Å²) in [6.45, 7) is 8.76. The van der Waals surface area contributed by atoms with Gasteiger partial charge in [-0.25, -0.2) is 0 Å². The Morgan fingerprint density at radius 1 is 1.33 bits per heavy atom. The predicted octanol–water partition coefficient (Wildman–Crippen LogP) is 4.05. The zero-order valence-electron chi connectivity index (χ0n) is 10.1. The molecule has 1 aromatic rings. The molecule has 1 unspecified atom stereocenters. The van der Waals surface area contributed by atoms with Gasteiger partial charge in [-0.15, -0.1) is 0 Å². The van der Waals surface area contributed by atoms with Crippen LogP contribution in [0.1, 0.15) is 50.7 Å². The SMILES string of the molecule is Cc1ccc2c(c1)OC(C)(C)CCC2C. The lowest BCUT2D eigenvalue weighted by Gasteiger charge is -2.24. The van der Waals surface area contributed by atoms with Gasteiger partial charge in [0.1, 0.15) is 11.4 Å². The lowest BCUT2D eigenvalue weighted by atomic mass is 9.92. The van der Waals surface area contributed by atoms with E-state index in [9.17, 15) is 0 Å². The molecule has 1 atom stereocenters. The highest BCUT2D eigenvalue weighted by Crippen LogP contribution is 2.38. The molecule has 1 heterocycles. The summed E-state index contributed by atoms with van der Waals surface area (Å²) >= 11 is 0. The minimum Gasteiger partial charge on any atom is -0.488 e. The minimum atomic E-state index is -0.0205. The van der Waals surface area contributed by atoms with Gasteiger partial charge in [0.25, 0.3) is 0 Å². The number of ether oxygens (including phenoxy) is 1. The van der Waals surface area contributed by atoms with Crippen LogP contribution in [0.2, 0.25) is 0 Å². The van der Waals surface area contributed by atoms with Crippen LogP contribution in [-0.2, 0) is 0 Å². The molecule has 1 aromatic carbocycles. The number of hydrogen-bond acceptors (Lipinski definition) is 1. The number of fused-ring (bicyclic) bond motifs is 1. The van der Waals surface area contributed by atoms with E-state index in [1.807, 2.05) is 0 Å². The van der Waals surface area contributed by atoms with Crippen molar-refractivity contribution in [1.29, 1.82) is 0 Å². The summed E-state index contributed by atoms with van der Waals surface area (Å²) < 4.78 is 6.10. The highest BCUT2D eigenvalue weighted by molar-refractivity contribution is 5.40. The highest BCUT2D eigenvalue weighted by Gasteiger charge is 2.27. The summed E-state index contributed by atoms with van der Waals surface area (Å²) in [5.74, 6) is 1.70. The Kier molecular flexibility index (Phi) is 2.49. The molecular formula is C14H20O. The summed E-state index contributed by atoms with van der Waals surface area (Å²) in [5.41, 5.74) is 2.62. The van der Waals surface area contributed by atoms with Crippen molar-refractivity contribution in [2.24, 2.45) is 0 Å². The number of rotatable bonds is 0. The lowest BCUT2D eigenvalue weighted by molar-refractivity contribution is 0.103. The summed E-state index contributed by atoms with van der Waals surface area (Å²) in [5, 5.41) is 0. The first-order chi connectivity index (χ1) is 6.98. The van der Waals surface area contributed by atoms with Gasteiger partial charge in [0.05, 0.1) is 0 Å². The van der Waals surface area contributed by atoms with Crippen molar-refractivity contribution in [2.45, 2.75) is 52.1 Å². The number of aryl methyl sites for hydroxylation is 1. The quantitative estimate of drug-likeness (QED) is 0.619. The lowest BCUT2D eigenvalue weighted by Crippen LogP contribution is -2.26. The fraction of sp³-hybridized carbons (Fsp3) is 0.571. The third-order valence-corrected chi connectivity index (χ3v) is 3.27. The van der Waals surface area contributed by atoms with Crippen LogP contribution in [0, 0.1) is 6.92 Å². The molecule has 82 valence electrons. The van der Waals surface area contributed by atoms with Crippen LogP contribution in [0.5, 0.6) is 5.75 Å². The predicted molar refractivity (Wildman–Crippen MR) is 63.5 cm³/mol. The van der Waals surface area contributed by atoms with Crippen molar-refractivity contribution in [1.82, 2.24) is 0 Å². The Morgan fingerprint density at radius 3 is 2.80 bits per heavy atom. The van der Waals surface area contributed by atoms with Crippen LogP contribution in [-0.4, -0.2) is 5.60 Å². The van der Waals surface area contributed by atoms with Crippen molar-refractivity contribution >= 4 is 0 Å². The van der Waals surface area contributed by atoms with Crippen molar-refractivity contribution in [2.75, 3.05) is 0 Å². The Hall–Kier alpha value is -0.980. The van der Waals surface area contributed by atoms with Crippen molar-refractivity contribution in [3.63, 3.8) is 0 Å². The van der Waals surface area contributed by atoms with E-state index in [1.54, 1.807) is 0 Å². The molecule has 2 rings (SSSR count). The average Bonchev–Trinajstić information content (AvgIpc) is 2.23. The third kappa shape index (κ3) is 2.17. The van der Waals surface area contributed by atoms with Crippen LogP contribution in [0.3, 0.4) is 0 Å². The maximum atomic E-state index is 6.10. The van der Waals surface area contributed by atoms with Crippen LogP contribution in [0.15, 0.2) is 18.2 Å². The number of benzene rings is 1. The first kappa shape index (κ1) is 10.5. The van der Waals surface area contributed by atoms with Gasteiger partial charge in [0, 0.05) is 0 Å². The van der Waals surface area contributed by atoms with Crippen LogP contribution in [0.25, 0.3) is 0 Å². The highest BCUT2D eigenvalue weighted by atomic mass is 16.5. The normalized spacial score (nSPS) is 23.9. The van der Waals surface area contributed by atoms with Crippen molar-refractivity contribution in [3.8, 4) is 5.75 Å². The van der Waals surface area contributed by atoms with Crippen LogP contribution >= 0.6 is 0 Å². The largest absolute Gasteiger partial charge is 0.488 e. The maximum Gasteiger partial charge on any atom is 0.123 e. The molecule has 0 bridgehead atoms. The molecule has 0 saturated heterocycles. The molecule has 0 radical (unpaired) electrons. The van der Waals surface area contributed by atoms with Crippen molar-refractivity contribution < 1.29 is 4.74 Å². The second kappa shape index (κ2) is 3.55. The van der Waals surface area contributed by atoms with E-state index in [1.165, 1.54) is 17.5 Å². The van der Waals surface area contributed by atoms with E-state index in [2.05, 4.69) is 45.9 Å². The molecule has 0 N–H and O–H groups in total. The molecule has 0 fully saturated rings. The first-order valence-corrected chi connectivity index (χ1v) is 5.77. The monoisotopic (exact) mass is 204 g/mol. The topological polar surface area (TPSA) is 9.23 Å². The van der Waals surface area contributed by atoms with Gasteiger partial charge in [0.15, 0.2) is 0 Å². The molecule has 1 aliphatic rings. The molecule has 0 amide bonds. The minimum absolute atomic E-state index is 0.0205. The number of hydrogen-bond donors (Lipinski definition) is 0. The molecule has 0 aromatic heterocycles. The summed E-state index contributed by atoms with van der Waals surface area (Å²) in [6.07, 6.45) is 2.34. The van der Waals surface area contributed by atoms with Gasteiger partial charge in [-0.1, -0.05) is 19.1 Å². The summed E-state index contributed by atoms with van der Waals surface area (Å²) in [6, 6.07) is 6.56.